The van der Waals surface area contributed by atoms with Crippen molar-refractivity contribution in [2.45, 2.75) is 6.18 Å². The van der Waals surface area contributed by atoms with Crippen molar-refractivity contribution in [2.24, 2.45) is 0 Å². The predicted molar refractivity (Wildman–Crippen MR) is 41.5 cm³/mol. The second-order valence-corrected chi connectivity index (χ2v) is 2.45. The first-order valence-corrected chi connectivity index (χ1v) is 4.02. The van der Waals surface area contributed by atoms with E-state index in [1.165, 1.54) is 0 Å². The number of ether oxygens (including phenoxy) is 2. The standard InChI is InChI=1S/C6H11F3O2S/c7-6(8,9)5-11-2-1-10-3-4-12/h12H,1-5H2. The molecule has 2 nitrogen and oxygen atoms in total. The summed E-state index contributed by atoms with van der Waals surface area (Å²) in [7, 11) is 0. The van der Waals surface area contributed by atoms with E-state index in [0.717, 1.165) is 0 Å². The molecule has 0 aromatic heterocycles. The van der Waals surface area contributed by atoms with Crippen LogP contribution >= 0.6 is 12.6 Å². The average molecular weight is 204 g/mol. The summed E-state index contributed by atoms with van der Waals surface area (Å²) in [5.41, 5.74) is 0. The van der Waals surface area contributed by atoms with Crippen LogP contribution in [-0.2, 0) is 9.47 Å². The van der Waals surface area contributed by atoms with E-state index in [9.17, 15) is 13.2 Å². The average Bonchev–Trinajstić information content (AvgIpc) is 1.94. The van der Waals surface area contributed by atoms with E-state index in [1.807, 2.05) is 0 Å². The molecule has 0 N–H and O–H groups in total. The van der Waals surface area contributed by atoms with Gasteiger partial charge in [0.05, 0.1) is 19.8 Å². The number of halogens is 3. The van der Waals surface area contributed by atoms with Gasteiger partial charge < -0.3 is 9.47 Å². The molecule has 0 saturated carbocycles. The Labute approximate surface area is 74.4 Å². The fourth-order valence-electron chi connectivity index (χ4n) is 0.472. The van der Waals surface area contributed by atoms with Gasteiger partial charge in [-0.05, 0) is 0 Å². The highest BCUT2D eigenvalue weighted by molar-refractivity contribution is 7.80. The lowest BCUT2D eigenvalue weighted by atomic mass is 10.7. The van der Waals surface area contributed by atoms with Gasteiger partial charge in [0.1, 0.15) is 6.61 Å². The highest BCUT2D eigenvalue weighted by atomic mass is 32.1. The molecule has 0 bridgehead atoms. The Morgan fingerprint density at radius 3 is 2.08 bits per heavy atom. The van der Waals surface area contributed by atoms with Gasteiger partial charge in [0.2, 0.25) is 0 Å². The van der Waals surface area contributed by atoms with Gasteiger partial charge in [-0.1, -0.05) is 0 Å². The number of rotatable bonds is 6. The molecule has 0 unspecified atom stereocenters. The summed E-state index contributed by atoms with van der Waals surface area (Å²) in [6.45, 7) is -0.639. The van der Waals surface area contributed by atoms with Crippen LogP contribution in [0, 0.1) is 0 Å². The Kier molecular flexibility index (Phi) is 6.60. The van der Waals surface area contributed by atoms with Gasteiger partial charge in [0, 0.05) is 5.75 Å². The molecule has 0 rings (SSSR count). The third kappa shape index (κ3) is 10.1. The van der Waals surface area contributed by atoms with Crippen LogP contribution in [0.1, 0.15) is 0 Å². The molecular formula is C6H11F3O2S. The molecule has 0 aromatic rings. The monoisotopic (exact) mass is 204 g/mol. The summed E-state index contributed by atoms with van der Waals surface area (Å²) in [6, 6.07) is 0. The zero-order valence-electron chi connectivity index (χ0n) is 6.43. The quantitative estimate of drug-likeness (QED) is 0.522. The molecule has 0 heterocycles. The fraction of sp³-hybridized carbons (Fsp3) is 1.00. The predicted octanol–water partition coefficient (Wildman–Crippen LogP) is 1.51. The molecular weight excluding hydrogens is 193 g/mol. The SMILES string of the molecule is FC(F)(F)COCCOCCS. The molecule has 0 spiro atoms. The zero-order chi connectivity index (χ0) is 9.45. The van der Waals surface area contributed by atoms with Crippen molar-refractivity contribution in [1.29, 1.82) is 0 Å². The molecule has 0 aromatic carbocycles. The highest BCUT2D eigenvalue weighted by Gasteiger charge is 2.27. The Morgan fingerprint density at radius 2 is 1.58 bits per heavy atom. The normalized spacial score (nSPS) is 12.0. The Balaban J connectivity index is 3.01. The Hall–Kier alpha value is 0.0600. The molecule has 0 aliphatic rings. The number of alkyl halides is 3. The van der Waals surface area contributed by atoms with E-state index in [-0.39, 0.29) is 13.2 Å². The van der Waals surface area contributed by atoms with Crippen molar-refractivity contribution in [3.05, 3.63) is 0 Å². The van der Waals surface area contributed by atoms with Crippen LogP contribution < -0.4 is 0 Å². The molecule has 0 radical (unpaired) electrons. The number of hydrogen-bond acceptors (Lipinski definition) is 3. The highest BCUT2D eigenvalue weighted by Crippen LogP contribution is 2.13. The second kappa shape index (κ2) is 6.56. The lowest BCUT2D eigenvalue weighted by Gasteiger charge is -2.07. The fourth-order valence-corrected chi connectivity index (χ4v) is 0.601. The first-order valence-electron chi connectivity index (χ1n) is 3.39. The van der Waals surface area contributed by atoms with Crippen LogP contribution in [0.15, 0.2) is 0 Å². The van der Waals surface area contributed by atoms with Gasteiger partial charge in [0.25, 0.3) is 0 Å². The maximum Gasteiger partial charge on any atom is 0.411 e. The van der Waals surface area contributed by atoms with Crippen molar-refractivity contribution in [3.63, 3.8) is 0 Å². The maximum absolute atomic E-state index is 11.5. The zero-order valence-corrected chi connectivity index (χ0v) is 7.33. The summed E-state index contributed by atoms with van der Waals surface area (Å²) < 4.78 is 43.5. The second-order valence-electron chi connectivity index (χ2n) is 2.00. The smallest absolute Gasteiger partial charge is 0.378 e. The van der Waals surface area contributed by atoms with Crippen LogP contribution in [-0.4, -0.2) is 38.4 Å². The number of hydrogen-bond donors (Lipinski definition) is 1. The molecule has 0 fully saturated rings. The van der Waals surface area contributed by atoms with Crippen molar-refractivity contribution in [1.82, 2.24) is 0 Å². The van der Waals surface area contributed by atoms with Gasteiger partial charge >= 0.3 is 6.18 Å². The minimum absolute atomic E-state index is 0.0344. The summed E-state index contributed by atoms with van der Waals surface area (Å²) >= 11 is 3.85. The van der Waals surface area contributed by atoms with Gasteiger partial charge in [-0.25, -0.2) is 0 Å². The summed E-state index contributed by atoms with van der Waals surface area (Å²) in [5.74, 6) is 0.555. The molecule has 12 heavy (non-hydrogen) atoms. The maximum atomic E-state index is 11.5. The molecule has 0 saturated heterocycles. The van der Waals surface area contributed by atoms with Gasteiger partial charge in [-0.3, -0.25) is 0 Å². The van der Waals surface area contributed by atoms with E-state index in [4.69, 9.17) is 4.74 Å². The van der Waals surface area contributed by atoms with E-state index in [2.05, 4.69) is 17.4 Å². The van der Waals surface area contributed by atoms with E-state index in [0.29, 0.717) is 12.4 Å². The van der Waals surface area contributed by atoms with Crippen LogP contribution in [0.5, 0.6) is 0 Å². The van der Waals surface area contributed by atoms with Gasteiger partial charge in [-0.2, -0.15) is 25.8 Å². The summed E-state index contributed by atoms with van der Waals surface area (Å²) in [6.07, 6.45) is -4.25. The van der Waals surface area contributed by atoms with Crippen molar-refractivity contribution >= 4 is 12.6 Å². The van der Waals surface area contributed by atoms with Crippen molar-refractivity contribution in [2.75, 3.05) is 32.2 Å². The first kappa shape index (κ1) is 12.1. The minimum Gasteiger partial charge on any atom is -0.378 e. The van der Waals surface area contributed by atoms with Crippen LogP contribution in [0.2, 0.25) is 0 Å². The van der Waals surface area contributed by atoms with Gasteiger partial charge in [-0.15, -0.1) is 0 Å². The molecule has 6 heteroatoms. The Morgan fingerprint density at radius 1 is 1.00 bits per heavy atom. The van der Waals surface area contributed by atoms with E-state index < -0.39 is 12.8 Å². The Bertz CT molecular complexity index is 107. The lowest BCUT2D eigenvalue weighted by molar-refractivity contribution is -0.176. The first-order chi connectivity index (χ1) is 5.56. The molecule has 74 valence electrons. The molecule has 0 aliphatic heterocycles. The molecule has 0 amide bonds. The van der Waals surface area contributed by atoms with E-state index >= 15 is 0 Å². The van der Waals surface area contributed by atoms with Crippen LogP contribution in [0.4, 0.5) is 13.2 Å². The van der Waals surface area contributed by atoms with Crippen molar-refractivity contribution < 1.29 is 22.6 Å². The largest absolute Gasteiger partial charge is 0.411 e. The summed E-state index contributed by atoms with van der Waals surface area (Å²) in [4.78, 5) is 0. The third-order valence-electron chi connectivity index (χ3n) is 0.873. The molecule has 0 atom stereocenters. The third-order valence-corrected chi connectivity index (χ3v) is 1.06. The molecule has 0 aliphatic carbocycles. The minimum atomic E-state index is -4.25. The van der Waals surface area contributed by atoms with Crippen LogP contribution in [0.3, 0.4) is 0 Å². The number of thiol groups is 1. The topological polar surface area (TPSA) is 18.5 Å². The van der Waals surface area contributed by atoms with Crippen LogP contribution in [0.25, 0.3) is 0 Å². The van der Waals surface area contributed by atoms with Gasteiger partial charge in [0.15, 0.2) is 0 Å². The summed E-state index contributed by atoms with van der Waals surface area (Å²) in [5, 5.41) is 0. The lowest BCUT2D eigenvalue weighted by Crippen LogP contribution is -2.19. The van der Waals surface area contributed by atoms with E-state index in [1.54, 1.807) is 0 Å². The van der Waals surface area contributed by atoms with Crippen molar-refractivity contribution in [3.8, 4) is 0 Å².